The van der Waals surface area contributed by atoms with Crippen LogP contribution in [0.25, 0.3) is 0 Å². The lowest BCUT2D eigenvalue weighted by atomic mass is 10.1. The van der Waals surface area contributed by atoms with E-state index in [4.69, 9.17) is 5.73 Å². The van der Waals surface area contributed by atoms with Crippen molar-refractivity contribution < 1.29 is 5.11 Å². The summed E-state index contributed by atoms with van der Waals surface area (Å²) in [6, 6.07) is 14.0. The number of nitrogens with one attached hydrogen (secondary N) is 1. The molecule has 2 aromatic rings. The number of aliphatic hydroxyl groups excluding tert-OH is 1. The molecule has 0 amide bonds. The summed E-state index contributed by atoms with van der Waals surface area (Å²) in [6.07, 6.45) is 3.32. The van der Waals surface area contributed by atoms with Gasteiger partial charge in [0, 0.05) is 25.8 Å². The van der Waals surface area contributed by atoms with Crippen LogP contribution in [0.1, 0.15) is 24.0 Å². The summed E-state index contributed by atoms with van der Waals surface area (Å²) in [5.41, 5.74) is 8.29. The normalized spacial score (nSPS) is 16.1. The predicted octanol–water partition coefficient (Wildman–Crippen LogP) is 2.58. The highest BCUT2D eigenvalue weighted by atomic mass is 127. The zero-order valence-electron chi connectivity index (χ0n) is 14.7. The number of aliphatic imine (C=N–C) groups is 1. The van der Waals surface area contributed by atoms with Crippen molar-refractivity contribution in [3.8, 4) is 0 Å². The minimum atomic E-state index is -0.123. The lowest BCUT2D eigenvalue weighted by Gasteiger charge is -2.29. The second kappa shape index (κ2) is 10.4. The number of pyridine rings is 1. The average Bonchev–Trinajstić information content (AvgIpc) is 2.64. The van der Waals surface area contributed by atoms with E-state index in [1.54, 1.807) is 6.20 Å². The number of rotatable bonds is 5. The second-order valence-corrected chi connectivity index (χ2v) is 6.37. The van der Waals surface area contributed by atoms with Crippen molar-refractivity contribution in [1.29, 1.82) is 0 Å². The van der Waals surface area contributed by atoms with Crippen molar-refractivity contribution >= 4 is 35.8 Å². The van der Waals surface area contributed by atoms with Gasteiger partial charge in [0.15, 0.2) is 5.96 Å². The van der Waals surface area contributed by atoms with Gasteiger partial charge in [-0.2, -0.15) is 0 Å². The number of guanidine groups is 1. The van der Waals surface area contributed by atoms with Crippen LogP contribution in [0.2, 0.25) is 0 Å². The molecule has 1 aliphatic heterocycles. The summed E-state index contributed by atoms with van der Waals surface area (Å²) >= 11 is 0. The second-order valence-electron chi connectivity index (χ2n) is 6.37. The van der Waals surface area contributed by atoms with Gasteiger partial charge in [0.05, 0.1) is 12.6 Å². The Kier molecular flexibility index (Phi) is 8.27. The molecule has 1 aliphatic rings. The van der Waals surface area contributed by atoms with Gasteiger partial charge in [-0.05, 0) is 36.1 Å². The van der Waals surface area contributed by atoms with Crippen molar-refractivity contribution in [1.82, 2.24) is 9.88 Å². The highest BCUT2D eigenvalue weighted by Gasteiger charge is 2.16. The maximum atomic E-state index is 9.57. The number of halogens is 1. The summed E-state index contributed by atoms with van der Waals surface area (Å²) < 4.78 is 0. The van der Waals surface area contributed by atoms with Crippen LogP contribution in [0, 0.1) is 0 Å². The fourth-order valence-corrected chi connectivity index (χ4v) is 2.87. The van der Waals surface area contributed by atoms with Gasteiger partial charge in [-0.1, -0.05) is 30.3 Å². The first-order valence-electron chi connectivity index (χ1n) is 8.65. The van der Waals surface area contributed by atoms with Crippen LogP contribution >= 0.6 is 24.0 Å². The van der Waals surface area contributed by atoms with Gasteiger partial charge < -0.3 is 16.2 Å². The Morgan fingerprint density at radius 3 is 2.50 bits per heavy atom. The van der Waals surface area contributed by atoms with E-state index < -0.39 is 0 Å². The molecule has 1 aromatic heterocycles. The minimum Gasteiger partial charge on any atom is -0.393 e. The number of piperidine rings is 1. The van der Waals surface area contributed by atoms with Crippen LogP contribution in [-0.2, 0) is 13.1 Å². The Labute approximate surface area is 171 Å². The molecule has 4 N–H and O–H groups in total. The van der Waals surface area contributed by atoms with Crippen molar-refractivity contribution in [3.63, 3.8) is 0 Å². The van der Waals surface area contributed by atoms with E-state index in [9.17, 15) is 5.11 Å². The standard InChI is InChI=1S/C19H25N5O.HI/c20-19(23-18-3-1-2-10-21-18)22-13-15-4-6-16(7-5-15)14-24-11-8-17(25)9-12-24;/h1-7,10,17,25H,8-9,11-14H2,(H3,20,21,22,23);1H. The van der Waals surface area contributed by atoms with Gasteiger partial charge in [-0.15, -0.1) is 24.0 Å². The summed E-state index contributed by atoms with van der Waals surface area (Å²) in [4.78, 5) is 10.9. The molecule has 0 saturated carbocycles. The Bertz CT molecular complexity index is 685. The number of anilines is 1. The number of aromatic nitrogens is 1. The molecule has 0 radical (unpaired) electrons. The Balaban J connectivity index is 0.00000243. The number of hydrogen-bond acceptors (Lipinski definition) is 4. The minimum absolute atomic E-state index is 0. The molecular weight excluding hydrogens is 441 g/mol. The van der Waals surface area contributed by atoms with E-state index in [0.717, 1.165) is 38.0 Å². The van der Waals surface area contributed by atoms with Gasteiger partial charge in [0.1, 0.15) is 5.82 Å². The quantitative estimate of drug-likeness (QED) is 0.358. The van der Waals surface area contributed by atoms with E-state index in [0.29, 0.717) is 18.3 Å². The summed E-state index contributed by atoms with van der Waals surface area (Å²) in [7, 11) is 0. The van der Waals surface area contributed by atoms with Gasteiger partial charge in [0.25, 0.3) is 0 Å². The molecule has 140 valence electrons. The molecule has 0 unspecified atom stereocenters. The lowest BCUT2D eigenvalue weighted by Crippen LogP contribution is -2.35. The van der Waals surface area contributed by atoms with Gasteiger partial charge in [-0.25, -0.2) is 9.98 Å². The molecule has 1 fully saturated rings. The maximum Gasteiger partial charge on any atom is 0.194 e. The molecule has 7 heteroatoms. The number of aliphatic hydroxyl groups is 1. The fraction of sp³-hybridized carbons (Fsp3) is 0.368. The van der Waals surface area contributed by atoms with E-state index in [-0.39, 0.29) is 30.1 Å². The monoisotopic (exact) mass is 467 g/mol. The third kappa shape index (κ3) is 6.54. The first kappa shape index (κ1) is 20.6. The predicted molar refractivity (Wildman–Crippen MR) is 116 cm³/mol. The van der Waals surface area contributed by atoms with Gasteiger partial charge in [0.2, 0.25) is 0 Å². The summed E-state index contributed by atoms with van der Waals surface area (Å²) in [5, 5.41) is 12.5. The number of benzene rings is 1. The van der Waals surface area contributed by atoms with Crippen LogP contribution in [0.4, 0.5) is 5.82 Å². The van der Waals surface area contributed by atoms with Crippen LogP contribution in [0.5, 0.6) is 0 Å². The Hall–Kier alpha value is -1.71. The topological polar surface area (TPSA) is 86.8 Å². The molecule has 0 atom stereocenters. The molecule has 1 saturated heterocycles. The number of hydrogen-bond donors (Lipinski definition) is 3. The smallest absolute Gasteiger partial charge is 0.194 e. The Morgan fingerprint density at radius 1 is 1.15 bits per heavy atom. The maximum absolute atomic E-state index is 9.57. The first-order valence-corrected chi connectivity index (χ1v) is 8.65. The van der Waals surface area contributed by atoms with Crippen LogP contribution in [0.15, 0.2) is 53.7 Å². The number of nitrogens with two attached hydrogens (primary N) is 1. The molecular formula is C19H26IN5O. The fourth-order valence-electron chi connectivity index (χ4n) is 2.87. The zero-order chi connectivity index (χ0) is 17.5. The molecule has 2 heterocycles. The molecule has 1 aromatic carbocycles. The van der Waals surface area contributed by atoms with Crippen LogP contribution in [-0.4, -0.2) is 40.1 Å². The van der Waals surface area contributed by atoms with Crippen molar-refractivity contribution in [3.05, 3.63) is 59.8 Å². The largest absolute Gasteiger partial charge is 0.393 e. The van der Waals surface area contributed by atoms with Crippen LogP contribution < -0.4 is 11.1 Å². The molecule has 0 aliphatic carbocycles. The van der Waals surface area contributed by atoms with Crippen molar-refractivity contribution in [2.45, 2.75) is 32.0 Å². The zero-order valence-corrected chi connectivity index (χ0v) is 17.0. The first-order chi connectivity index (χ1) is 12.2. The molecule has 0 spiro atoms. The third-order valence-electron chi connectivity index (χ3n) is 4.34. The van der Waals surface area contributed by atoms with Gasteiger partial charge >= 0.3 is 0 Å². The Morgan fingerprint density at radius 2 is 1.85 bits per heavy atom. The van der Waals surface area contributed by atoms with E-state index in [1.807, 2.05) is 18.2 Å². The average molecular weight is 467 g/mol. The lowest BCUT2D eigenvalue weighted by molar-refractivity contribution is 0.0792. The van der Waals surface area contributed by atoms with Crippen molar-refractivity contribution in [2.24, 2.45) is 10.7 Å². The third-order valence-corrected chi connectivity index (χ3v) is 4.34. The molecule has 0 bridgehead atoms. The highest BCUT2D eigenvalue weighted by Crippen LogP contribution is 2.14. The number of likely N-dealkylation sites (tertiary alicyclic amines) is 1. The molecule has 26 heavy (non-hydrogen) atoms. The number of nitrogens with zero attached hydrogens (tertiary/aromatic N) is 3. The molecule has 3 rings (SSSR count). The summed E-state index contributed by atoms with van der Waals surface area (Å²) in [6.45, 7) is 3.38. The van der Waals surface area contributed by atoms with Crippen molar-refractivity contribution in [2.75, 3.05) is 18.4 Å². The SMILES string of the molecule is I.NC(=NCc1ccc(CN2CCC(O)CC2)cc1)Nc1ccccn1. The molecule has 6 nitrogen and oxygen atoms in total. The highest BCUT2D eigenvalue weighted by molar-refractivity contribution is 14.0. The van der Waals surface area contributed by atoms with E-state index >= 15 is 0 Å². The van der Waals surface area contributed by atoms with Crippen LogP contribution in [0.3, 0.4) is 0 Å². The van der Waals surface area contributed by atoms with E-state index in [1.165, 1.54) is 5.56 Å². The van der Waals surface area contributed by atoms with Gasteiger partial charge in [-0.3, -0.25) is 4.90 Å². The van der Waals surface area contributed by atoms with E-state index in [2.05, 4.69) is 44.5 Å². The summed E-state index contributed by atoms with van der Waals surface area (Å²) in [5.74, 6) is 1.04.